The fourth-order valence-electron chi connectivity index (χ4n) is 4.91. The van der Waals surface area contributed by atoms with Gasteiger partial charge in [-0.15, -0.1) is 0 Å². The van der Waals surface area contributed by atoms with Crippen molar-refractivity contribution in [2.75, 3.05) is 5.32 Å². The minimum Gasteiger partial charge on any atom is -0.422 e. The summed E-state index contributed by atoms with van der Waals surface area (Å²) >= 11 is 0. The van der Waals surface area contributed by atoms with Gasteiger partial charge in [0.2, 0.25) is 0 Å². The molecule has 2 heterocycles. The van der Waals surface area contributed by atoms with Crippen LogP contribution in [0.25, 0.3) is 16.7 Å². The summed E-state index contributed by atoms with van der Waals surface area (Å²) in [6.07, 6.45) is 0.642. The summed E-state index contributed by atoms with van der Waals surface area (Å²) in [6, 6.07) is 22.9. The average molecular weight is 500 g/mol. The lowest BCUT2D eigenvalue weighted by atomic mass is 9.96. The maximum absolute atomic E-state index is 13.1. The monoisotopic (exact) mass is 499 g/mol. The van der Waals surface area contributed by atoms with Crippen LogP contribution in [-0.4, -0.2) is 18.2 Å². The fourth-order valence-corrected chi connectivity index (χ4v) is 4.91. The van der Waals surface area contributed by atoms with E-state index < -0.39 is 11.9 Å². The normalized spacial score (nSPS) is 12.6. The van der Waals surface area contributed by atoms with Gasteiger partial charge in [0.25, 0.3) is 5.91 Å². The van der Waals surface area contributed by atoms with E-state index in [0.29, 0.717) is 23.3 Å². The number of ether oxygens (including phenoxy) is 1. The zero-order valence-electron chi connectivity index (χ0n) is 20.6. The van der Waals surface area contributed by atoms with E-state index in [1.54, 1.807) is 48.5 Å². The van der Waals surface area contributed by atoms with Crippen molar-refractivity contribution in [3.63, 3.8) is 0 Å². The van der Waals surface area contributed by atoms with Gasteiger partial charge >= 0.3 is 5.97 Å². The first-order chi connectivity index (χ1) is 18.4. The number of anilines is 1. The van der Waals surface area contributed by atoms with Crippen molar-refractivity contribution in [3.05, 3.63) is 118 Å². The molecule has 7 heteroatoms. The van der Waals surface area contributed by atoms with Crippen LogP contribution in [-0.2, 0) is 4.79 Å². The number of esters is 1. The molecule has 0 atom stereocenters. The Hall–Kier alpha value is -5.17. The quantitative estimate of drug-likeness (QED) is 0.210. The first-order valence-electron chi connectivity index (χ1n) is 12.0. The van der Waals surface area contributed by atoms with E-state index >= 15 is 0 Å². The second-order valence-electron chi connectivity index (χ2n) is 9.08. The number of hydrogen-bond acceptors (Lipinski definition) is 6. The number of nitrogens with zero attached hydrogens (tertiary/aromatic N) is 2. The highest BCUT2D eigenvalue weighted by atomic mass is 16.5. The van der Waals surface area contributed by atoms with Gasteiger partial charge < -0.3 is 10.1 Å². The number of para-hydroxylation sites is 1. The number of allylic oxidation sites excluding steroid dienone is 1. The van der Waals surface area contributed by atoms with Gasteiger partial charge in [0.05, 0.1) is 22.0 Å². The predicted molar refractivity (Wildman–Crippen MR) is 143 cm³/mol. The Balaban J connectivity index is 1.21. The molecule has 2 aliphatic rings. The summed E-state index contributed by atoms with van der Waals surface area (Å²) < 4.78 is 5.60. The molecule has 184 valence electrons. The summed E-state index contributed by atoms with van der Waals surface area (Å²) in [4.78, 5) is 46.3. The Morgan fingerprint density at radius 1 is 0.868 bits per heavy atom. The second kappa shape index (κ2) is 9.05. The van der Waals surface area contributed by atoms with Crippen LogP contribution in [0, 0.1) is 6.92 Å². The molecule has 1 N–H and O–H groups in total. The minimum absolute atomic E-state index is 0.253. The van der Waals surface area contributed by atoms with E-state index in [2.05, 4.69) is 10.3 Å². The maximum atomic E-state index is 13.1. The van der Waals surface area contributed by atoms with E-state index in [0.717, 1.165) is 44.2 Å². The molecule has 0 fully saturated rings. The van der Waals surface area contributed by atoms with Crippen molar-refractivity contribution in [2.45, 2.75) is 13.8 Å². The topological polar surface area (TPSA) is 97.2 Å². The summed E-state index contributed by atoms with van der Waals surface area (Å²) in [7, 11) is 0. The minimum atomic E-state index is -0.563. The van der Waals surface area contributed by atoms with E-state index in [4.69, 9.17) is 9.73 Å². The number of amides is 1. The van der Waals surface area contributed by atoms with Crippen LogP contribution < -0.4 is 20.8 Å². The van der Waals surface area contributed by atoms with Crippen molar-refractivity contribution in [3.8, 4) is 16.9 Å². The Bertz CT molecular complexity index is 1840. The summed E-state index contributed by atoms with van der Waals surface area (Å²) in [5.74, 6) is -0.652. The van der Waals surface area contributed by atoms with Crippen LogP contribution in [0.2, 0.25) is 0 Å². The number of carbonyl (C=O) groups excluding carboxylic acids is 3. The third-order valence-corrected chi connectivity index (χ3v) is 6.76. The molecule has 4 aromatic rings. The highest BCUT2D eigenvalue weighted by Crippen LogP contribution is 2.34. The van der Waals surface area contributed by atoms with Crippen molar-refractivity contribution in [1.82, 2.24) is 0 Å². The van der Waals surface area contributed by atoms with Crippen LogP contribution in [0.1, 0.15) is 38.8 Å². The smallest absolute Gasteiger partial charge is 0.362 e. The van der Waals surface area contributed by atoms with Crippen LogP contribution in [0.15, 0.2) is 94.5 Å². The van der Waals surface area contributed by atoms with E-state index in [-0.39, 0.29) is 11.3 Å². The summed E-state index contributed by atoms with van der Waals surface area (Å²) in [5, 5.41) is 4.38. The SMILES string of the molecule is CC1=C(C(=O)Oc2ccc(NC(=O)c3ccccc3C=O)cc2)N=c2cc3c(c(C)c21)=Nc1ccccc1-3. The van der Waals surface area contributed by atoms with E-state index in [9.17, 15) is 14.4 Å². The third-order valence-electron chi connectivity index (χ3n) is 6.76. The van der Waals surface area contributed by atoms with Gasteiger partial charge in [-0.1, -0.05) is 36.4 Å². The Kier molecular flexibility index (Phi) is 5.53. The molecule has 38 heavy (non-hydrogen) atoms. The summed E-state index contributed by atoms with van der Waals surface area (Å²) in [5.41, 5.74) is 6.96. The molecule has 4 aromatic carbocycles. The Morgan fingerprint density at radius 3 is 2.39 bits per heavy atom. The highest BCUT2D eigenvalue weighted by Gasteiger charge is 2.26. The fraction of sp³-hybridized carbons (Fsp3) is 0.0645. The average Bonchev–Trinajstić information content (AvgIpc) is 3.48. The molecule has 0 unspecified atom stereocenters. The molecule has 7 nitrogen and oxygen atoms in total. The lowest BCUT2D eigenvalue weighted by Gasteiger charge is -2.09. The standard InChI is InChI=1S/C31H21N3O4/c1-17-27-18(2)29(34-26(27)15-24-23-9-5-6-10-25(23)33-28(17)24)31(37)38-21-13-11-20(12-14-21)32-30(36)22-8-4-3-7-19(22)16-35/h3-16H,1-2H3,(H,32,36). The van der Waals surface area contributed by atoms with Gasteiger partial charge in [-0.2, -0.15) is 0 Å². The number of nitrogens with one attached hydrogen (secondary N) is 1. The summed E-state index contributed by atoms with van der Waals surface area (Å²) in [6.45, 7) is 3.87. The maximum Gasteiger partial charge on any atom is 0.362 e. The molecule has 0 aromatic heterocycles. The molecular formula is C31H21N3O4. The van der Waals surface area contributed by atoms with E-state index in [1.807, 2.05) is 44.2 Å². The van der Waals surface area contributed by atoms with E-state index in [1.165, 1.54) is 0 Å². The molecule has 6 rings (SSSR count). The van der Waals surface area contributed by atoms with Crippen LogP contribution >= 0.6 is 0 Å². The van der Waals surface area contributed by atoms with Crippen molar-refractivity contribution in [2.24, 2.45) is 9.98 Å². The lowest BCUT2D eigenvalue weighted by molar-refractivity contribution is -0.130. The van der Waals surface area contributed by atoms with Gasteiger partial charge in [0, 0.05) is 27.9 Å². The second-order valence-corrected chi connectivity index (χ2v) is 9.08. The first-order valence-corrected chi connectivity index (χ1v) is 12.0. The molecule has 0 aliphatic carbocycles. The number of aldehydes is 1. The molecule has 1 amide bonds. The number of hydrogen-bond donors (Lipinski definition) is 1. The van der Waals surface area contributed by atoms with Gasteiger partial charge in [0.1, 0.15) is 5.75 Å². The zero-order valence-corrected chi connectivity index (χ0v) is 20.6. The zero-order chi connectivity index (χ0) is 26.4. The molecular weight excluding hydrogens is 478 g/mol. The molecule has 0 bridgehead atoms. The number of fused-ring (bicyclic) bond motifs is 4. The van der Waals surface area contributed by atoms with Crippen LogP contribution in [0.4, 0.5) is 11.4 Å². The number of rotatable bonds is 5. The van der Waals surface area contributed by atoms with Crippen molar-refractivity contribution >= 4 is 35.1 Å². The number of benzene rings is 4. The van der Waals surface area contributed by atoms with Crippen LogP contribution in [0.5, 0.6) is 5.75 Å². The van der Waals surface area contributed by atoms with Crippen molar-refractivity contribution in [1.29, 1.82) is 0 Å². The Labute approximate surface area is 217 Å². The van der Waals surface area contributed by atoms with Gasteiger partial charge in [0.15, 0.2) is 12.0 Å². The third kappa shape index (κ3) is 3.81. The van der Waals surface area contributed by atoms with Crippen molar-refractivity contribution < 1.29 is 19.1 Å². The lowest BCUT2D eigenvalue weighted by Crippen LogP contribution is -2.18. The molecule has 0 saturated carbocycles. The highest BCUT2D eigenvalue weighted by molar-refractivity contribution is 6.08. The molecule has 0 saturated heterocycles. The first kappa shape index (κ1) is 23.2. The largest absolute Gasteiger partial charge is 0.422 e. The molecule has 2 aliphatic heterocycles. The van der Waals surface area contributed by atoms with Crippen LogP contribution in [0.3, 0.4) is 0 Å². The Morgan fingerprint density at radius 2 is 1.61 bits per heavy atom. The predicted octanol–water partition coefficient (Wildman–Crippen LogP) is 4.96. The van der Waals surface area contributed by atoms with Gasteiger partial charge in [-0.25, -0.2) is 14.8 Å². The van der Waals surface area contributed by atoms with Gasteiger partial charge in [-0.05, 0) is 67.4 Å². The van der Waals surface area contributed by atoms with Gasteiger partial charge in [-0.3, -0.25) is 9.59 Å². The molecule has 0 spiro atoms. The number of carbonyl (C=O) groups is 3. The molecule has 0 radical (unpaired) electrons.